The molecule has 1 aromatic carbocycles. The summed E-state index contributed by atoms with van der Waals surface area (Å²) in [5, 5.41) is 14.0. The number of rotatable bonds is 3. The number of nitrogens with one attached hydrogen (secondary N) is 1. The fraction of sp³-hybridized carbons (Fsp3) is 0.417. The molecule has 0 spiro atoms. The van der Waals surface area contributed by atoms with Gasteiger partial charge in [-0.25, -0.2) is 0 Å². The van der Waals surface area contributed by atoms with Crippen LogP contribution in [0.15, 0.2) is 18.2 Å². The van der Waals surface area contributed by atoms with Gasteiger partial charge in [-0.05, 0) is 18.6 Å². The summed E-state index contributed by atoms with van der Waals surface area (Å²) < 4.78 is 0. The molecule has 1 heterocycles. The highest BCUT2D eigenvalue weighted by molar-refractivity contribution is 5.84. The van der Waals surface area contributed by atoms with Crippen molar-refractivity contribution in [1.82, 2.24) is 5.32 Å². The van der Waals surface area contributed by atoms with Crippen molar-refractivity contribution >= 4 is 17.3 Å². The van der Waals surface area contributed by atoms with Crippen molar-refractivity contribution in [2.24, 2.45) is 5.73 Å². The molecule has 0 saturated carbocycles. The van der Waals surface area contributed by atoms with E-state index < -0.39 is 16.9 Å². The van der Waals surface area contributed by atoms with E-state index in [1.807, 2.05) is 11.0 Å². The zero-order valence-electron chi connectivity index (χ0n) is 10.6. The standard InChI is InChI=1S/C12H16N4O3/c1-8-4-9(6-10(5-8)16(18)19)15-3-2-14-7-11(15)12(13)17/h4-6,11,14H,2-3,7H2,1H3,(H2,13,17). The number of nitro groups is 1. The highest BCUT2D eigenvalue weighted by atomic mass is 16.6. The van der Waals surface area contributed by atoms with Crippen molar-refractivity contribution in [1.29, 1.82) is 0 Å². The Hall–Kier alpha value is -2.15. The monoisotopic (exact) mass is 264 g/mol. The molecule has 1 aliphatic rings. The topological polar surface area (TPSA) is 102 Å². The van der Waals surface area contributed by atoms with Gasteiger partial charge in [0.15, 0.2) is 0 Å². The van der Waals surface area contributed by atoms with E-state index in [1.165, 1.54) is 12.1 Å². The average Bonchev–Trinajstić information content (AvgIpc) is 2.37. The second-order valence-electron chi connectivity index (χ2n) is 4.60. The number of nitrogens with zero attached hydrogens (tertiary/aromatic N) is 2. The molecule has 0 aliphatic carbocycles. The van der Waals surface area contributed by atoms with E-state index in [9.17, 15) is 14.9 Å². The van der Waals surface area contributed by atoms with Crippen LogP contribution in [0.1, 0.15) is 5.56 Å². The van der Waals surface area contributed by atoms with Gasteiger partial charge in [0, 0.05) is 37.5 Å². The van der Waals surface area contributed by atoms with Crippen LogP contribution in [0.5, 0.6) is 0 Å². The average molecular weight is 264 g/mol. The molecular formula is C12H16N4O3. The maximum Gasteiger partial charge on any atom is 0.271 e. The smallest absolute Gasteiger partial charge is 0.271 e. The van der Waals surface area contributed by atoms with Gasteiger partial charge >= 0.3 is 0 Å². The molecule has 0 bridgehead atoms. The second-order valence-corrected chi connectivity index (χ2v) is 4.60. The molecule has 102 valence electrons. The van der Waals surface area contributed by atoms with Crippen molar-refractivity contribution < 1.29 is 9.72 Å². The third kappa shape index (κ3) is 2.82. The lowest BCUT2D eigenvalue weighted by atomic mass is 10.1. The lowest BCUT2D eigenvalue weighted by molar-refractivity contribution is -0.384. The van der Waals surface area contributed by atoms with Gasteiger partial charge in [-0.3, -0.25) is 14.9 Å². The van der Waals surface area contributed by atoms with E-state index in [2.05, 4.69) is 5.32 Å². The maximum absolute atomic E-state index is 11.4. The van der Waals surface area contributed by atoms with Gasteiger partial charge in [-0.1, -0.05) is 0 Å². The van der Waals surface area contributed by atoms with Gasteiger partial charge < -0.3 is 16.0 Å². The number of carbonyl (C=O) groups excluding carboxylic acids is 1. The van der Waals surface area contributed by atoms with Crippen molar-refractivity contribution in [2.75, 3.05) is 24.5 Å². The maximum atomic E-state index is 11.4. The van der Waals surface area contributed by atoms with Gasteiger partial charge in [0.25, 0.3) is 5.69 Å². The Bertz CT molecular complexity index is 518. The van der Waals surface area contributed by atoms with Crippen molar-refractivity contribution in [3.63, 3.8) is 0 Å². The summed E-state index contributed by atoms with van der Waals surface area (Å²) in [5.41, 5.74) is 6.85. The number of anilines is 1. The Morgan fingerprint density at radius 3 is 2.89 bits per heavy atom. The fourth-order valence-corrected chi connectivity index (χ4v) is 2.28. The Morgan fingerprint density at radius 1 is 1.53 bits per heavy atom. The van der Waals surface area contributed by atoms with Crippen LogP contribution < -0.4 is 16.0 Å². The number of piperazine rings is 1. The van der Waals surface area contributed by atoms with Crippen LogP contribution in [0.3, 0.4) is 0 Å². The predicted octanol–water partition coefficient (Wildman–Crippen LogP) is 0.167. The Labute approximate surface area is 110 Å². The minimum atomic E-state index is -0.477. The van der Waals surface area contributed by atoms with Crippen molar-refractivity contribution in [3.8, 4) is 0 Å². The molecule has 1 amide bonds. The second kappa shape index (κ2) is 5.23. The number of hydrogen-bond donors (Lipinski definition) is 2. The zero-order valence-corrected chi connectivity index (χ0v) is 10.6. The molecule has 1 saturated heterocycles. The first kappa shape index (κ1) is 13.3. The molecule has 1 atom stereocenters. The van der Waals surface area contributed by atoms with E-state index in [4.69, 9.17) is 5.73 Å². The highest BCUT2D eigenvalue weighted by Gasteiger charge is 2.28. The molecule has 2 rings (SSSR count). The van der Waals surface area contributed by atoms with Crippen LogP contribution in [0.2, 0.25) is 0 Å². The summed E-state index contributed by atoms with van der Waals surface area (Å²) in [6.07, 6.45) is 0. The SMILES string of the molecule is Cc1cc(N2CCNCC2C(N)=O)cc([N+](=O)[O-])c1. The first-order valence-corrected chi connectivity index (χ1v) is 6.02. The number of carbonyl (C=O) groups is 1. The molecular weight excluding hydrogens is 248 g/mol. The van der Waals surface area contributed by atoms with Gasteiger partial charge in [0.2, 0.25) is 5.91 Å². The summed E-state index contributed by atoms with van der Waals surface area (Å²) in [7, 11) is 0. The molecule has 7 nitrogen and oxygen atoms in total. The van der Waals surface area contributed by atoms with Crippen LogP contribution in [0.4, 0.5) is 11.4 Å². The summed E-state index contributed by atoms with van der Waals surface area (Å²) in [5.74, 6) is -0.434. The van der Waals surface area contributed by atoms with Gasteiger partial charge in [0.05, 0.1) is 4.92 Å². The normalized spacial score (nSPS) is 19.2. The number of primary amides is 1. The zero-order chi connectivity index (χ0) is 14.0. The van der Waals surface area contributed by atoms with Gasteiger partial charge in [0.1, 0.15) is 6.04 Å². The molecule has 3 N–H and O–H groups in total. The third-order valence-electron chi connectivity index (χ3n) is 3.16. The summed E-state index contributed by atoms with van der Waals surface area (Å²) in [4.78, 5) is 23.7. The number of non-ortho nitro benzene ring substituents is 1. The summed E-state index contributed by atoms with van der Waals surface area (Å²) in [6.45, 7) is 3.55. The molecule has 1 unspecified atom stereocenters. The predicted molar refractivity (Wildman–Crippen MR) is 71.0 cm³/mol. The van der Waals surface area contributed by atoms with Crippen LogP contribution in [-0.4, -0.2) is 36.5 Å². The van der Waals surface area contributed by atoms with E-state index >= 15 is 0 Å². The van der Waals surface area contributed by atoms with E-state index in [0.717, 1.165) is 5.56 Å². The molecule has 0 aromatic heterocycles. The van der Waals surface area contributed by atoms with Gasteiger partial charge in [-0.2, -0.15) is 0 Å². The molecule has 19 heavy (non-hydrogen) atoms. The number of benzene rings is 1. The minimum absolute atomic E-state index is 0.0248. The number of hydrogen-bond acceptors (Lipinski definition) is 5. The van der Waals surface area contributed by atoms with E-state index in [0.29, 0.717) is 25.3 Å². The Morgan fingerprint density at radius 2 is 2.26 bits per heavy atom. The molecule has 1 aliphatic heterocycles. The summed E-state index contributed by atoms with van der Waals surface area (Å²) in [6, 6.07) is 4.34. The largest absolute Gasteiger partial charge is 0.368 e. The molecule has 0 radical (unpaired) electrons. The van der Waals surface area contributed by atoms with Crippen LogP contribution in [-0.2, 0) is 4.79 Å². The minimum Gasteiger partial charge on any atom is -0.368 e. The molecule has 7 heteroatoms. The molecule has 1 fully saturated rings. The number of aryl methyl sites for hydroxylation is 1. The van der Waals surface area contributed by atoms with Crippen molar-refractivity contribution in [3.05, 3.63) is 33.9 Å². The lowest BCUT2D eigenvalue weighted by Gasteiger charge is -2.36. The first-order valence-electron chi connectivity index (χ1n) is 6.02. The van der Waals surface area contributed by atoms with E-state index in [1.54, 1.807) is 6.92 Å². The van der Waals surface area contributed by atoms with Crippen molar-refractivity contribution in [2.45, 2.75) is 13.0 Å². The number of nitro benzene ring substituents is 1. The van der Waals surface area contributed by atoms with Crippen LogP contribution in [0, 0.1) is 17.0 Å². The Kier molecular flexibility index (Phi) is 3.66. The number of nitrogens with two attached hydrogens (primary N) is 1. The lowest BCUT2D eigenvalue weighted by Crippen LogP contribution is -2.57. The third-order valence-corrected chi connectivity index (χ3v) is 3.16. The van der Waals surface area contributed by atoms with E-state index in [-0.39, 0.29) is 5.69 Å². The summed E-state index contributed by atoms with van der Waals surface area (Å²) >= 11 is 0. The quantitative estimate of drug-likeness (QED) is 0.598. The van der Waals surface area contributed by atoms with Crippen LogP contribution in [0.25, 0.3) is 0 Å². The Balaban J connectivity index is 2.38. The number of amides is 1. The highest BCUT2D eigenvalue weighted by Crippen LogP contribution is 2.25. The van der Waals surface area contributed by atoms with Gasteiger partial charge in [-0.15, -0.1) is 0 Å². The molecule has 1 aromatic rings. The fourth-order valence-electron chi connectivity index (χ4n) is 2.28. The van der Waals surface area contributed by atoms with Crippen LogP contribution >= 0.6 is 0 Å². The first-order chi connectivity index (χ1) is 8.99.